The third-order valence-corrected chi connectivity index (χ3v) is 4.52. The molecule has 1 rings (SSSR count). The number of thiophene rings is 1. The number of hydrogen-bond acceptors (Lipinski definition) is 4. The summed E-state index contributed by atoms with van der Waals surface area (Å²) in [7, 11) is 1.85. The Morgan fingerprint density at radius 2 is 2.29 bits per heavy atom. The smallest absolute Gasteiger partial charge is 0.178 e. The van der Waals surface area contributed by atoms with Crippen molar-refractivity contribution in [1.29, 1.82) is 5.26 Å². The van der Waals surface area contributed by atoms with E-state index in [0.717, 1.165) is 7.57 Å². The molecule has 17 heavy (non-hydrogen) atoms. The van der Waals surface area contributed by atoms with Gasteiger partial charge in [0.2, 0.25) is 0 Å². The number of Topliss-reactive ketones (excluding diaryl/α,β-unsaturated/α-hetero) is 1. The summed E-state index contributed by atoms with van der Waals surface area (Å²) in [6, 6.07) is 3.97. The molecule has 0 fully saturated rings. The minimum atomic E-state index is -0.0644. The van der Waals surface area contributed by atoms with Gasteiger partial charge in [0.05, 0.1) is 26.1 Å². The Morgan fingerprint density at radius 1 is 1.65 bits per heavy atom. The zero-order valence-corrected chi connectivity index (χ0v) is 13.5. The predicted octanol–water partition coefficient (Wildman–Crippen LogP) is 3.55. The quantitative estimate of drug-likeness (QED) is 0.735. The summed E-state index contributed by atoms with van der Waals surface area (Å²) in [6.45, 7) is 2.77. The zero-order valence-electron chi connectivity index (χ0n) is 9.54. The van der Waals surface area contributed by atoms with Gasteiger partial charge in [-0.3, -0.25) is 9.69 Å². The lowest BCUT2D eigenvalue weighted by Gasteiger charge is -2.16. The summed E-state index contributed by atoms with van der Waals surface area (Å²) in [5.41, 5.74) is 0.693. The highest BCUT2D eigenvalue weighted by Gasteiger charge is 2.16. The molecule has 1 heterocycles. The van der Waals surface area contributed by atoms with E-state index in [1.807, 2.05) is 24.9 Å². The van der Waals surface area contributed by atoms with Crippen LogP contribution in [0.15, 0.2) is 13.6 Å². The van der Waals surface area contributed by atoms with Crippen LogP contribution < -0.4 is 0 Å². The van der Waals surface area contributed by atoms with E-state index >= 15 is 0 Å². The first kappa shape index (κ1) is 14.8. The van der Waals surface area contributed by atoms with Crippen molar-refractivity contribution in [2.24, 2.45) is 5.92 Å². The molecule has 0 radical (unpaired) electrons. The average Bonchev–Trinajstić information content (AvgIpc) is 2.57. The molecule has 0 aromatic carbocycles. The molecular formula is C11H12Br2N2OS. The van der Waals surface area contributed by atoms with E-state index in [9.17, 15) is 4.79 Å². The van der Waals surface area contributed by atoms with Crippen LogP contribution in [0.2, 0.25) is 0 Å². The van der Waals surface area contributed by atoms with Gasteiger partial charge >= 0.3 is 0 Å². The second-order valence-electron chi connectivity index (χ2n) is 3.89. The van der Waals surface area contributed by atoms with E-state index < -0.39 is 0 Å². The standard InChI is InChI=1S/C11H12Br2N2OS/c1-7(4-14)5-15(2)6-9(16)8-3-10(12)17-11(8)13/h3,7H,5-6H2,1-2H3. The molecule has 0 saturated carbocycles. The van der Waals surface area contributed by atoms with Gasteiger partial charge in [-0.25, -0.2) is 0 Å². The van der Waals surface area contributed by atoms with Crippen LogP contribution >= 0.6 is 43.2 Å². The van der Waals surface area contributed by atoms with E-state index in [2.05, 4.69) is 37.9 Å². The summed E-state index contributed by atoms with van der Waals surface area (Å²) in [6.07, 6.45) is 0. The monoisotopic (exact) mass is 378 g/mol. The second-order valence-corrected chi connectivity index (χ2v) is 7.64. The first-order valence-corrected chi connectivity index (χ1v) is 7.40. The first-order chi connectivity index (χ1) is 7.93. The van der Waals surface area contributed by atoms with Gasteiger partial charge in [0.1, 0.15) is 0 Å². The lowest BCUT2D eigenvalue weighted by molar-refractivity contribution is 0.0942. The van der Waals surface area contributed by atoms with E-state index in [0.29, 0.717) is 18.7 Å². The number of nitriles is 1. The van der Waals surface area contributed by atoms with Crippen LogP contribution in [0.3, 0.4) is 0 Å². The van der Waals surface area contributed by atoms with Crippen molar-refractivity contribution in [2.45, 2.75) is 6.92 Å². The summed E-state index contributed by atoms with van der Waals surface area (Å²) in [4.78, 5) is 13.9. The Morgan fingerprint density at radius 3 is 2.76 bits per heavy atom. The number of halogens is 2. The molecule has 0 spiro atoms. The Hall–Kier alpha value is -0.220. The molecule has 0 N–H and O–H groups in total. The summed E-state index contributed by atoms with van der Waals surface area (Å²) < 4.78 is 1.77. The summed E-state index contributed by atoms with van der Waals surface area (Å²) in [5, 5.41) is 8.71. The van der Waals surface area contributed by atoms with Crippen molar-refractivity contribution in [2.75, 3.05) is 20.1 Å². The minimum absolute atomic E-state index is 0.0615. The minimum Gasteiger partial charge on any atom is -0.298 e. The summed E-state index contributed by atoms with van der Waals surface area (Å²) >= 11 is 8.20. The van der Waals surface area contributed by atoms with Gasteiger partial charge in [0, 0.05) is 12.1 Å². The molecule has 0 aliphatic carbocycles. The number of likely N-dealkylation sites (N-methyl/N-ethyl adjacent to an activating group) is 1. The second kappa shape index (κ2) is 6.64. The highest BCUT2D eigenvalue weighted by molar-refractivity contribution is 9.12. The van der Waals surface area contributed by atoms with Gasteiger partial charge in [0.25, 0.3) is 0 Å². The molecule has 0 amide bonds. The normalized spacial score (nSPS) is 12.5. The maximum absolute atomic E-state index is 12.0. The van der Waals surface area contributed by atoms with E-state index in [4.69, 9.17) is 5.26 Å². The van der Waals surface area contributed by atoms with E-state index in [1.165, 1.54) is 11.3 Å². The molecule has 1 aromatic heterocycles. The highest BCUT2D eigenvalue weighted by Crippen LogP contribution is 2.32. The highest BCUT2D eigenvalue weighted by atomic mass is 79.9. The van der Waals surface area contributed by atoms with Gasteiger partial charge in [-0.1, -0.05) is 0 Å². The average molecular weight is 380 g/mol. The van der Waals surface area contributed by atoms with Crippen molar-refractivity contribution in [3.63, 3.8) is 0 Å². The number of carbonyl (C=O) groups is 1. The Kier molecular flexibility index (Phi) is 5.80. The molecule has 0 saturated heterocycles. The fourth-order valence-electron chi connectivity index (χ4n) is 1.43. The van der Waals surface area contributed by atoms with Crippen LogP contribution in [0.1, 0.15) is 17.3 Å². The van der Waals surface area contributed by atoms with Gasteiger partial charge in [-0.15, -0.1) is 11.3 Å². The molecule has 1 unspecified atom stereocenters. The van der Waals surface area contributed by atoms with E-state index in [1.54, 1.807) is 0 Å². The van der Waals surface area contributed by atoms with E-state index in [-0.39, 0.29) is 11.7 Å². The van der Waals surface area contributed by atoms with Crippen LogP contribution in [-0.4, -0.2) is 30.8 Å². The molecule has 1 aromatic rings. The predicted molar refractivity (Wildman–Crippen MR) is 76.3 cm³/mol. The molecule has 0 bridgehead atoms. The van der Waals surface area contributed by atoms with Crippen molar-refractivity contribution in [1.82, 2.24) is 4.90 Å². The first-order valence-electron chi connectivity index (χ1n) is 5.00. The van der Waals surface area contributed by atoms with Crippen LogP contribution in [0.5, 0.6) is 0 Å². The maximum Gasteiger partial charge on any atom is 0.178 e. The summed E-state index contributed by atoms with van der Waals surface area (Å²) in [5.74, 6) is -0.00286. The number of rotatable bonds is 5. The molecule has 0 aliphatic heterocycles. The van der Waals surface area contributed by atoms with Gasteiger partial charge in [-0.05, 0) is 51.9 Å². The lowest BCUT2D eigenvalue weighted by atomic mass is 10.1. The molecule has 3 nitrogen and oxygen atoms in total. The number of carbonyl (C=O) groups excluding carboxylic acids is 1. The Labute approximate surface area is 122 Å². The molecule has 0 aliphatic rings. The van der Waals surface area contributed by atoms with Crippen molar-refractivity contribution in [3.05, 3.63) is 19.2 Å². The molecule has 92 valence electrons. The molecular weight excluding hydrogens is 368 g/mol. The number of ketones is 1. The van der Waals surface area contributed by atoms with Crippen molar-refractivity contribution in [3.8, 4) is 6.07 Å². The largest absolute Gasteiger partial charge is 0.298 e. The third kappa shape index (κ3) is 4.51. The maximum atomic E-state index is 12.0. The topological polar surface area (TPSA) is 44.1 Å². The van der Waals surface area contributed by atoms with Crippen LogP contribution in [0.4, 0.5) is 0 Å². The van der Waals surface area contributed by atoms with Crippen LogP contribution in [-0.2, 0) is 0 Å². The van der Waals surface area contributed by atoms with Crippen molar-refractivity contribution < 1.29 is 4.79 Å². The number of hydrogen-bond donors (Lipinski definition) is 0. The van der Waals surface area contributed by atoms with Crippen molar-refractivity contribution >= 4 is 49.0 Å². The molecule has 6 heteroatoms. The van der Waals surface area contributed by atoms with Crippen LogP contribution in [0.25, 0.3) is 0 Å². The van der Waals surface area contributed by atoms with Crippen LogP contribution in [0, 0.1) is 17.2 Å². The number of nitrogens with zero attached hydrogens (tertiary/aromatic N) is 2. The van der Waals surface area contributed by atoms with Gasteiger partial charge in [-0.2, -0.15) is 5.26 Å². The Bertz CT molecular complexity index is 453. The van der Waals surface area contributed by atoms with Gasteiger partial charge in [0.15, 0.2) is 5.78 Å². The van der Waals surface area contributed by atoms with Gasteiger partial charge < -0.3 is 0 Å². The fraction of sp³-hybridized carbons (Fsp3) is 0.455. The molecule has 1 atom stereocenters. The zero-order chi connectivity index (χ0) is 13.0. The fourth-order valence-corrected chi connectivity index (χ4v) is 4.29. The SMILES string of the molecule is CC(C#N)CN(C)CC(=O)c1cc(Br)sc1Br. The third-order valence-electron chi connectivity index (χ3n) is 2.18. The Balaban J connectivity index is 2.61. The lowest BCUT2D eigenvalue weighted by Crippen LogP contribution is -2.29.